The first-order valence-corrected chi connectivity index (χ1v) is 11.0. The molecule has 0 aliphatic heterocycles. The predicted octanol–water partition coefficient (Wildman–Crippen LogP) is 7.28. The lowest BCUT2D eigenvalue weighted by Gasteiger charge is -2.14. The first kappa shape index (κ1) is 25.3. The first-order chi connectivity index (χ1) is 16.4. The van der Waals surface area contributed by atoms with E-state index in [9.17, 15) is 22.7 Å². The molecule has 0 bridgehead atoms. The molecule has 0 amide bonds. The van der Waals surface area contributed by atoms with Crippen molar-refractivity contribution in [2.24, 2.45) is 0 Å². The topological polar surface area (TPSA) is 38.7 Å². The largest absolute Gasteiger partial charge is 0.490 e. The van der Waals surface area contributed by atoms with Gasteiger partial charge in [-0.15, -0.1) is 6.58 Å². The van der Waals surface area contributed by atoms with E-state index in [1.807, 2.05) is 6.92 Å². The Balaban J connectivity index is 1.69. The molecule has 0 aliphatic rings. The van der Waals surface area contributed by atoms with Crippen molar-refractivity contribution >= 4 is 0 Å². The van der Waals surface area contributed by atoms with Gasteiger partial charge < -0.3 is 14.6 Å². The summed E-state index contributed by atoms with van der Waals surface area (Å²) in [7, 11) is 0. The molecule has 180 valence electrons. The fourth-order valence-electron chi connectivity index (χ4n) is 3.40. The maximum Gasteiger partial charge on any atom is 0.201 e. The van der Waals surface area contributed by atoms with Gasteiger partial charge in [0.2, 0.25) is 11.6 Å². The molecule has 7 heteroatoms. The molecule has 3 aromatic rings. The van der Waals surface area contributed by atoms with E-state index in [1.165, 1.54) is 24.3 Å². The number of hydrogen-bond donors (Lipinski definition) is 1. The van der Waals surface area contributed by atoms with Crippen molar-refractivity contribution in [2.45, 2.75) is 38.9 Å². The first-order valence-electron chi connectivity index (χ1n) is 11.0. The summed E-state index contributed by atoms with van der Waals surface area (Å²) in [6.45, 7) is 5.51. The van der Waals surface area contributed by atoms with Gasteiger partial charge >= 0.3 is 0 Å². The smallest absolute Gasteiger partial charge is 0.201 e. The van der Waals surface area contributed by atoms with Crippen molar-refractivity contribution in [3.8, 4) is 22.6 Å². The fraction of sp³-hybridized carbons (Fsp3) is 0.259. The quantitative estimate of drug-likeness (QED) is 0.180. The minimum Gasteiger partial charge on any atom is -0.490 e. The van der Waals surface area contributed by atoms with Crippen molar-refractivity contribution in [1.82, 2.24) is 0 Å². The van der Waals surface area contributed by atoms with Gasteiger partial charge in [-0.2, -0.15) is 8.78 Å². The summed E-state index contributed by atoms with van der Waals surface area (Å²) < 4.78 is 68.1. The number of halogens is 4. The molecular weight excluding hydrogens is 448 g/mol. The average Bonchev–Trinajstić information content (AvgIpc) is 2.83. The highest BCUT2D eigenvalue weighted by atomic mass is 19.2. The molecular formula is C27H26F4O3. The van der Waals surface area contributed by atoms with Crippen LogP contribution in [0.15, 0.2) is 61.2 Å². The molecule has 0 saturated heterocycles. The molecule has 0 radical (unpaired) electrons. The second-order valence-corrected chi connectivity index (χ2v) is 7.74. The third kappa shape index (κ3) is 5.78. The summed E-state index contributed by atoms with van der Waals surface area (Å²) >= 11 is 0. The highest BCUT2D eigenvalue weighted by Crippen LogP contribution is 2.31. The Morgan fingerprint density at radius 2 is 1.50 bits per heavy atom. The molecule has 0 aromatic heterocycles. The van der Waals surface area contributed by atoms with Gasteiger partial charge in [-0.3, -0.25) is 0 Å². The summed E-state index contributed by atoms with van der Waals surface area (Å²) in [5, 5.41) is 9.94. The van der Waals surface area contributed by atoms with Gasteiger partial charge in [0.1, 0.15) is 6.61 Å². The summed E-state index contributed by atoms with van der Waals surface area (Å²) in [4.78, 5) is 0. The van der Waals surface area contributed by atoms with Crippen LogP contribution < -0.4 is 9.47 Å². The number of rotatable bonds is 11. The van der Waals surface area contributed by atoms with Crippen LogP contribution in [0.5, 0.6) is 11.5 Å². The Hall–Kier alpha value is -3.32. The zero-order valence-electron chi connectivity index (χ0n) is 18.8. The van der Waals surface area contributed by atoms with Gasteiger partial charge in [0, 0.05) is 11.1 Å². The molecule has 0 aliphatic carbocycles. The summed E-state index contributed by atoms with van der Waals surface area (Å²) in [6.07, 6.45) is 1.98. The summed E-state index contributed by atoms with van der Waals surface area (Å²) in [5.74, 6) is -4.85. The third-order valence-electron chi connectivity index (χ3n) is 5.28. The molecule has 0 heterocycles. The summed E-state index contributed by atoms with van der Waals surface area (Å²) in [6, 6.07) is 11.8. The Kier molecular flexibility index (Phi) is 8.71. The van der Waals surface area contributed by atoms with Gasteiger partial charge in [0.25, 0.3) is 0 Å². The minimum absolute atomic E-state index is 0.0652. The van der Waals surface area contributed by atoms with Crippen LogP contribution in [0.1, 0.15) is 43.4 Å². The highest BCUT2D eigenvalue weighted by molar-refractivity contribution is 5.65. The molecule has 3 aromatic carbocycles. The molecule has 0 saturated carbocycles. The van der Waals surface area contributed by atoms with E-state index in [0.717, 1.165) is 0 Å². The second-order valence-electron chi connectivity index (χ2n) is 7.74. The Labute approximate surface area is 196 Å². The molecule has 3 nitrogen and oxygen atoms in total. The van der Waals surface area contributed by atoms with Crippen LogP contribution in [0.3, 0.4) is 0 Å². The lowest BCUT2D eigenvalue weighted by Crippen LogP contribution is -2.05. The molecule has 1 N–H and O–H groups in total. The Morgan fingerprint density at radius 3 is 2.18 bits per heavy atom. The SMILES string of the molecule is C=CCCOc1ccc(-c2ccc(COc3ccc(C(O)CCC)c(F)c3F)cc2)c(F)c1F. The normalized spacial score (nSPS) is 11.8. The van der Waals surface area contributed by atoms with Crippen LogP contribution in [0, 0.1) is 23.3 Å². The van der Waals surface area contributed by atoms with E-state index in [1.54, 1.807) is 30.3 Å². The van der Waals surface area contributed by atoms with E-state index >= 15 is 0 Å². The third-order valence-corrected chi connectivity index (χ3v) is 5.28. The number of aliphatic hydroxyl groups excluding tert-OH is 1. The zero-order chi connectivity index (χ0) is 24.7. The predicted molar refractivity (Wildman–Crippen MR) is 123 cm³/mol. The van der Waals surface area contributed by atoms with E-state index in [2.05, 4.69) is 6.58 Å². The van der Waals surface area contributed by atoms with Crippen LogP contribution in [-0.4, -0.2) is 11.7 Å². The van der Waals surface area contributed by atoms with Gasteiger partial charge in [0.05, 0.1) is 12.7 Å². The Morgan fingerprint density at radius 1 is 0.853 bits per heavy atom. The minimum atomic E-state index is -1.17. The molecule has 3 rings (SSSR count). The average molecular weight is 474 g/mol. The van der Waals surface area contributed by atoms with Crippen LogP contribution >= 0.6 is 0 Å². The summed E-state index contributed by atoms with van der Waals surface area (Å²) in [5.41, 5.74) is 1.01. The van der Waals surface area contributed by atoms with Crippen molar-refractivity contribution in [3.05, 3.63) is 95.6 Å². The zero-order valence-corrected chi connectivity index (χ0v) is 18.8. The van der Waals surface area contributed by atoms with Gasteiger partial charge in [-0.1, -0.05) is 43.7 Å². The Bertz CT molecular complexity index is 1130. The monoisotopic (exact) mass is 474 g/mol. The van der Waals surface area contributed by atoms with Crippen molar-refractivity contribution in [1.29, 1.82) is 0 Å². The maximum absolute atomic E-state index is 14.6. The van der Waals surface area contributed by atoms with Crippen LogP contribution in [-0.2, 0) is 6.61 Å². The number of aliphatic hydroxyl groups is 1. The lowest BCUT2D eigenvalue weighted by atomic mass is 10.0. The highest BCUT2D eigenvalue weighted by Gasteiger charge is 2.20. The van der Waals surface area contributed by atoms with Crippen molar-refractivity contribution in [2.75, 3.05) is 6.61 Å². The van der Waals surface area contributed by atoms with Crippen LogP contribution in [0.4, 0.5) is 17.6 Å². The van der Waals surface area contributed by atoms with E-state index < -0.39 is 29.4 Å². The van der Waals surface area contributed by atoms with E-state index in [-0.39, 0.29) is 35.8 Å². The van der Waals surface area contributed by atoms with E-state index in [0.29, 0.717) is 30.4 Å². The van der Waals surface area contributed by atoms with Gasteiger partial charge in [0.15, 0.2) is 23.1 Å². The van der Waals surface area contributed by atoms with Crippen molar-refractivity contribution < 1.29 is 32.1 Å². The molecule has 1 unspecified atom stereocenters. The number of ether oxygens (including phenoxy) is 2. The molecule has 0 spiro atoms. The maximum atomic E-state index is 14.6. The van der Waals surface area contributed by atoms with Crippen LogP contribution in [0.2, 0.25) is 0 Å². The van der Waals surface area contributed by atoms with Gasteiger partial charge in [-0.25, -0.2) is 8.78 Å². The number of benzene rings is 3. The van der Waals surface area contributed by atoms with Crippen molar-refractivity contribution in [3.63, 3.8) is 0 Å². The van der Waals surface area contributed by atoms with E-state index in [4.69, 9.17) is 9.47 Å². The standard InChI is InChI=1S/C27H26F4O3/c1-3-5-15-33-22-13-11-19(24(28)26(22)30)18-9-7-17(8-10-18)16-34-23-14-12-20(21(32)6-4-2)25(29)27(23)31/h3,7-14,21,32H,1,4-6,15-16H2,2H3. The molecule has 1 atom stereocenters. The molecule has 0 fully saturated rings. The molecule has 34 heavy (non-hydrogen) atoms. The second kappa shape index (κ2) is 11.7. The van der Waals surface area contributed by atoms with Crippen LogP contribution in [0.25, 0.3) is 11.1 Å². The van der Waals surface area contributed by atoms with Gasteiger partial charge in [-0.05, 0) is 48.2 Å². The fourth-order valence-corrected chi connectivity index (χ4v) is 3.40. The lowest BCUT2D eigenvalue weighted by molar-refractivity contribution is 0.160. The number of hydrogen-bond acceptors (Lipinski definition) is 3.